The van der Waals surface area contributed by atoms with Crippen molar-refractivity contribution >= 4 is 11.6 Å². The SMILES string of the molecule is N#Cc1c2n(c(=O)n(Cc3ccccc3Cl)c1=O)CCC2. The van der Waals surface area contributed by atoms with Crippen molar-refractivity contribution in [2.45, 2.75) is 25.9 Å². The van der Waals surface area contributed by atoms with E-state index in [1.165, 1.54) is 4.57 Å². The van der Waals surface area contributed by atoms with Crippen LogP contribution >= 0.6 is 11.6 Å². The highest BCUT2D eigenvalue weighted by atomic mass is 35.5. The maximum absolute atomic E-state index is 12.4. The highest BCUT2D eigenvalue weighted by Crippen LogP contribution is 2.16. The zero-order valence-corrected chi connectivity index (χ0v) is 11.9. The number of rotatable bonds is 2. The van der Waals surface area contributed by atoms with E-state index >= 15 is 0 Å². The van der Waals surface area contributed by atoms with Crippen molar-refractivity contribution in [1.82, 2.24) is 9.13 Å². The molecule has 0 bridgehead atoms. The predicted molar refractivity (Wildman–Crippen MR) is 78.6 cm³/mol. The molecule has 0 atom stereocenters. The van der Waals surface area contributed by atoms with Gasteiger partial charge in [0.05, 0.1) is 6.54 Å². The number of fused-ring (bicyclic) bond motifs is 1. The summed E-state index contributed by atoms with van der Waals surface area (Å²) in [6.45, 7) is 0.623. The quantitative estimate of drug-likeness (QED) is 0.845. The number of hydrogen-bond donors (Lipinski definition) is 0. The van der Waals surface area contributed by atoms with E-state index in [4.69, 9.17) is 11.6 Å². The molecule has 1 aromatic heterocycles. The standard InChI is InChI=1S/C15H12ClN3O2/c16-12-5-2-1-4-10(12)9-19-14(20)11(8-17)13-6-3-7-18(13)15(19)21/h1-2,4-5H,3,6-7,9H2. The monoisotopic (exact) mass is 301 g/mol. The van der Waals surface area contributed by atoms with Gasteiger partial charge in [0.25, 0.3) is 5.56 Å². The van der Waals surface area contributed by atoms with Crippen LogP contribution in [0.2, 0.25) is 5.02 Å². The number of nitrogens with zero attached hydrogens (tertiary/aromatic N) is 3. The Morgan fingerprint density at radius 3 is 2.76 bits per heavy atom. The van der Waals surface area contributed by atoms with Gasteiger partial charge in [0.1, 0.15) is 11.6 Å². The van der Waals surface area contributed by atoms with Gasteiger partial charge in [-0.15, -0.1) is 0 Å². The average Bonchev–Trinajstić information content (AvgIpc) is 2.95. The Labute approximate surface area is 125 Å². The van der Waals surface area contributed by atoms with Gasteiger partial charge in [-0.2, -0.15) is 5.26 Å². The van der Waals surface area contributed by atoms with Crippen LogP contribution in [0.5, 0.6) is 0 Å². The molecule has 5 nitrogen and oxygen atoms in total. The van der Waals surface area contributed by atoms with Gasteiger partial charge in [-0.1, -0.05) is 29.8 Å². The summed E-state index contributed by atoms with van der Waals surface area (Å²) in [6, 6.07) is 8.98. The molecule has 0 spiro atoms. The maximum atomic E-state index is 12.4. The Kier molecular flexibility index (Phi) is 3.40. The fourth-order valence-electron chi connectivity index (χ4n) is 2.69. The summed E-state index contributed by atoms with van der Waals surface area (Å²) in [5.41, 5.74) is 0.407. The number of hydrogen-bond acceptors (Lipinski definition) is 3. The number of benzene rings is 1. The van der Waals surface area contributed by atoms with Crippen molar-refractivity contribution < 1.29 is 0 Å². The lowest BCUT2D eigenvalue weighted by atomic mass is 10.2. The van der Waals surface area contributed by atoms with E-state index in [0.717, 1.165) is 11.0 Å². The van der Waals surface area contributed by atoms with Crippen LogP contribution in [-0.2, 0) is 19.5 Å². The van der Waals surface area contributed by atoms with Crippen LogP contribution in [-0.4, -0.2) is 9.13 Å². The molecular weight excluding hydrogens is 290 g/mol. The van der Waals surface area contributed by atoms with Gasteiger partial charge >= 0.3 is 5.69 Å². The average molecular weight is 302 g/mol. The second kappa shape index (κ2) is 5.23. The summed E-state index contributed by atoms with van der Waals surface area (Å²) in [7, 11) is 0. The van der Waals surface area contributed by atoms with Crippen molar-refractivity contribution in [3.8, 4) is 6.07 Å². The summed E-state index contributed by atoms with van der Waals surface area (Å²) >= 11 is 6.08. The summed E-state index contributed by atoms with van der Waals surface area (Å²) in [5, 5.41) is 9.71. The lowest BCUT2D eigenvalue weighted by Gasteiger charge is -2.11. The van der Waals surface area contributed by atoms with Crippen LogP contribution in [0, 0.1) is 11.3 Å². The molecule has 2 heterocycles. The first-order valence-corrected chi connectivity index (χ1v) is 7.01. The largest absolute Gasteiger partial charge is 0.331 e. The predicted octanol–water partition coefficient (Wildman–Crippen LogP) is 1.53. The normalized spacial score (nSPS) is 13.0. The number of aromatic nitrogens is 2. The van der Waals surface area contributed by atoms with Gasteiger partial charge in [-0.05, 0) is 24.5 Å². The van der Waals surface area contributed by atoms with Crippen LogP contribution in [0.25, 0.3) is 0 Å². The third-order valence-electron chi connectivity index (χ3n) is 3.73. The van der Waals surface area contributed by atoms with Crippen molar-refractivity contribution in [3.05, 3.63) is 66.9 Å². The molecule has 0 saturated carbocycles. The van der Waals surface area contributed by atoms with E-state index in [0.29, 0.717) is 29.2 Å². The first kappa shape index (κ1) is 13.7. The Bertz CT molecular complexity index is 874. The van der Waals surface area contributed by atoms with Gasteiger partial charge < -0.3 is 0 Å². The van der Waals surface area contributed by atoms with Gasteiger partial charge in [-0.3, -0.25) is 13.9 Å². The Morgan fingerprint density at radius 2 is 2.05 bits per heavy atom. The number of nitriles is 1. The first-order chi connectivity index (χ1) is 10.1. The molecule has 0 N–H and O–H groups in total. The molecule has 1 aliphatic rings. The highest BCUT2D eigenvalue weighted by molar-refractivity contribution is 6.31. The molecule has 6 heteroatoms. The van der Waals surface area contributed by atoms with E-state index in [-0.39, 0.29) is 17.8 Å². The summed E-state index contributed by atoms with van der Waals surface area (Å²) < 4.78 is 2.62. The summed E-state index contributed by atoms with van der Waals surface area (Å²) in [5.74, 6) is 0. The summed E-state index contributed by atoms with van der Waals surface area (Å²) in [6.07, 6.45) is 1.37. The van der Waals surface area contributed by atoms with Crippen LogP contribution in [0.4, 0.5) is 0 Å². The molecule has 2 aromatic rings. The molecule has 0 radical (unpaired) electrons. The minimum Gasteiger partial charge on any atom is -0.296 e. The molecule has 3 rings (SSSR count). The molecule has 0 saturated heterocycles. The van der Waals surface area contributed by atoms with Gasteiger partial charge in [0.2, 0.25) is 0 Å². The fourth-order valence-corrected chi connectivity index (χ4v) is 2.88. The van der Waals surface area contributed by atoms with Crippen LogP contribution < -0.4 is 11.2 Å². The topological polar surface area (TPSA) is 67.8 Å². The zero-order valence-electron chi connectivity index (χ0n) is 11.2. The molecule has 1 aliphatic heterocycles. The van der Waals surface area contributed by atoms with Crippen LogP contribution in [0.1, 0.15) is 23.2 Å². The van der Waals surface area contributed by atoms with Gasteiger partial charge in [-0.25, -0.2) is 4.79 Å². The molecule has 0 fully saturated rings. The van der Waals surface area contributed by atoms with Crippen LogP contribution in [0.3, 0.4) is 0 Å². The second-order valence-corrected chi connectivity index (χ2v) is 5.36. The molecule has 21 heavy (non-hydrogen) atoms. The molecule has 106 valence electrons. The van der Waals surface area contributed by atoms with Gasteiger partial charge in [0.15, 0.2) is 0 Å². The van der Waals surface area contributed by atoms with Crippen LogP contribution in [0.15, 0.2) is 33.9 Å². The Balaban J connectivity index is 2.21. The third-order valence-corrected chi connectivity index (χ3v) is 4.10. The molecular formula is C15H12ClN3O2. The minimum atomic E-state index is -0.532. The molecule has 0 aliphatic carbocycles. The lowest BCUT2D eigenvalue weighted by molar-refractivity contribution is 0.602. The Morgan fingerprint density at radius 1 is 1.29 bits per heavy atom. The first-order valence-electron chi connectivity index (χ1n) is 6.63. The summed E-state index contributed by atoms with van der Waals surface area (Å²) in [4.78, 5) is 24.8. The molecule has 0 unspecified atom stereocenters. The molecule has 0 amide bonds. The van der Waals surface area contributed by atoms with E-state index in [1.54, 1.807) is 24.3 Å². The fraction of sp³-hybridized carbons (Fsp3) is 0.267. The van der Waals surface area contributed by atoms with Crippen molar-refractivity contribution in [3.63, 3.8) is 0 Å². The van der Waals surface area contributed by atoms with E-state index < -0.39 is 5.56 Å². The zero-order chi connectivity index (χ0) is 15.0. The highest BCUT2D eigenvalue weighted by Gasteiger charge is 2.22. The Hall–Kier alpha value is -2.32. The smallest absolute Gasteiger partial charge is 0.296 e. The maximum Gasteiger partial charge on any atom is 0.331 e. The van der Waals surface area contributed by atoms with Gasteiger partial charge in [0, 0.05) is 17.3 Å². The van der Waals surface area contributed by atoms with E-state index in [1.807, 2.05) is 6.07 Å². The number of halogens is 1. The van der Waals surface area contributed by atoms with E-state index in [2.05, 4.69) is 0 Å². The van der Waals surface area contributed by atoms with Crippen molar-refractivity contribution in [2.75, 3.05) is 0 Å². The lowest BCUT2D eigenvalue weighted by Crippen LogP contribution is -2.42. The van der Waals surface area contributed by atoms with E-state index in [9.17, 15) is 14.9 Å². The van der Waals surface area contributed by atoms with Crippen molar-refractivity contribution in [1.29, 1.82) is 5.26 Å². The van der Waals surface area contributed by atoms with Crippen molar-refractivity contribution in [2.24, 2.45) is 0 Å². The minimum absolute atomic E-state index is 0.0687. The second-order valence-electron chi connectivity index (χ2n) is 4.95. The molecule has 1 aromatic carbocycles. The third kappa shape index (κ3) is 2.18.